The van der Waals surface area contributed by atoms with Gasteiger partial charge in [0.05, 0.1) is 0 Å². The van der Waals surface area contributed by atoms with E-state index in [4.69, 9.17) is 0 Å². The van der Waals surface area contributed by atoms with Crippen LogP contribution in [0.1, 0.15) is 24.0 Å². The first-order valence-corrected chi connectivity index (χ1v) is 7.96. The van der Waals surface area contributed by atoms with E-state index >= 15 is 0 Å². The van der Waals surface area contributed by atoms with Crippen LogP contribution >= 0.6 is 0 Å². The fourth-order valence-electron chi connectivity index (χ4n) is 3.75. The van der Waals surface area contributed by atoms with E-state index in [1.54, 1.807) is 0 Å². The molecule has 21 heavy (non-hydrogen) atoms. The molecule has 2 aromatic carbocycles. The molecule has 4 rings (SSSR count). The number of anilines is 1. The van der Waals surface area contributed by atoms with Crippen molar-refractivity contribution in [1.82, 2.24) is 4.90 Å². The van der Waals surface area contributed by atoms with Crippen molar-refractivity contribution in [2.45, 2.75) is 25.3 Å². The smallest absolute Gasteiger partial charge is 0.0388 e. The monoisotopic (exact) mass is 278 g/mol. The zero-order valence-electron chi connectivity index (χ0n) is 12.6. The summed E-state index contributed by atoms with van der Waals surface area (Å²) in [6.45, 7) is 2.38. The zero-order valence-corrected chi connectivity index (χ0v) is 12.6. The molecule has 0 bridgehead atoms. The van der Waals surface area contributed by atoms with Crippen LogP contribution < -0.4 is 5.32 Å². The number of rotatable bonds is 2. The van der Waals surface area contributed by atoms with Crippen molar-refractivity contribution in [1.29, 1.82) is 0 Å². The summed E-state index contributed by atoms with van der Waals surface area (Å²) in [6.07, 6.45) is 3.65. The largest absolute Gasteiger partial charge is 0.381 e. The first-order chi connectivity index (χ1) is 10.3. The van der Waals surface area contributed by atoms with Gasteiger partial charge in [-0.15, -0.1) is 0 Å². The first-order valence-electron chi connectivity index (χ1n) is 7.96. The molecule has 1 atom stereocenters. The van der Waals surface area contributed by atoms with Gasteiger partial charge in [-0.3, -0.25) is 0 Å². The molecule has 1 saturated heterocycles. The van der Waals surface area contributed by atoms with E-state index in [-0.39, 0.29) is 0 Å². The molecular formula is C19H22N2. The molecule has 0 amide bonds. The van der Waals surface area contributed by atoms with Gasteiger partial charge < -0.3 is 10.2 Å². The molecule has 1 N–H and O–H groups in total. The SMILES string of the molecule is CN1CCCC(Nc2ccc3c(c2)Cc2ccccc2-3)C1. The highest BCUT2D eigenvalue weighted by Crippen LogP contribution is 2.37. The summed E-state index contributed by atoms with van der Waals surface area (Å²) in [6, 6.07) is 16.2. The Morgan fingerprint density at radius 3 is 2.81 bits per heavy atom. The summed E-state index contributed by atoms with van der Waals surface area (Å²) >= 11 is 0. The number of likely N-dealkylation sites (N-methyl/N-ethyl adjacent to an activating group) is 1. The van der Waals surface area contributed by atoms with E-state index in [1.807, 2.05) is 0 Å². The summed E-state index contributed by atoms with van der Waals surface area (Å²) < 4.78 is 0. The normalized spacial score (nSPS) is 20.9. The van der Waals surface area contributed by atoms with E-state index in [1.165, 1.54) is 47.3 Å². The third kappa shape index (κ3) is 2.44. The van der Waals surface area contributed by atoms with Gasteiger partial charge in [0.25, 0.3) is 0 Å². The van der Waals surface area contributed by atoms with E-state index in [0.29, 0.717) is 6.04 Å². The number of nitrogens with zero attached hydrogens (tertiary/aromatic N) is 1. The molecular weight excluding hydrogens is 256 g/mol. The van der Waals surface area contributed by atoms with Gasteiger partial charge in [-0.1, -0.05) is 30.3 Å². The second-order valence-electron chi connectivity index (χ2n) is 6.45. The third-order valence-electron chi connectivity index (χ3n) is 4.79. The van der Waals surface area contributed by atoms with Crippen LogP contribution in [0, 0.1) is 0 Å². The Kier molecular flexibility index (Phi) is 3.19. The Labute approximate surface area is 126 Å². The number of nitrogens with one attached hydrogen (secondary N) is 1. The Morgan fingerprint density at radius 1 is 1.05 bits per heavy atom. The van der Waals surface area contributed by atoms with Crippen LogP contribution in [-0.2, 0) is 6.42 Å². The maximum Gasteiger partial charge on any atom is 0.0388 e. The highest BCUT2D eigenvalue weighted by Gasteiger charge is 2.20. The van der Waals surface area contributed by atoms with E-state index in [0.717, 1.165) is 13.0 Å². The van der Waals surface area contributed by atoms with Crippen molar-refractivity contribution in [2.75, 3.05) is 25.5 Å². The standard InChI is InChI=1S/C19H22N2/c1-21-10-4-6-17(13-21)20-16-8-9-19-15(12-16)11-14-5-2-3-7-18(14)19/h2-3,5,7-9,12,17,20H,4,6,10-11,13H2,1H3. The number of benzene rings is 2. The molecule has 108 valence electrons. The van der Waals surface area contributed by atoms with Gasteiger partial charge in [-0.05, 0) is 67.2 Å². The van der Waals surface area contributed by atoms with Crippen molar-refractivity contribution >= 4 is 5.69 Å². The summed E-state index contributed by atoms with van der Waals surface area (Å²) in [5.74, 6) is 0. The topological polar surface area (TPSA) is 15.3 Å². The van der Waals surface area contributed by atoms with Crippen molar-refractivity contribution in [3.63, 3.8) is 0 Å². The molecule has 2 heteroatoms. The lowest BCUT2D eigenvalue weighted by Crippen LogP contribution is -2.39. The molecule has 0 aromatic heterocycles. The van der Waals surface area contributed by atoms with Gasteiger partial charge in [-0.25, -0.2) is 0 Å². The number of likely N-dealkylation sites (tertiary alicyclic amines) is 1. The van der Waals surface area contributed by atoms with E-state index < -0.39 is 0 Å². The Balaban J connectivity index is 1.56. The van der Waals surface area contributed by atoms with Crippen LogP contribution in [0.15, 0.2) is 42.5 Å². The van der Waals surface area contributed by atoms with Gasteiger partial charge in [-0.2, -0.15) is 0 Å². The fourth-order valence-corrected chi connectivity index (χ4v) is 3.75. The van der Waals surface area contributed by atoms with Gasteiger partial charge in [0.15, 0.2) is 0 Å². The molecule has 1 heterocycles. The van der Waals surface area contributed by atoms with Gasteiger partial charge in [0, 0.05) is 18.3 Å². The van der Waals surface area contributed by atoms with Crippen molar-refractivity contribution in [3.05, 3.63) is 53.6 Å². The maximum absolute atomic E-state index is 3.73. The lowest BCUT2D eigenvalue weighted by molar-refractivity contribution is 0.261. The average Bonchev–Trinajstić information content (AvgIpc) is 2.85. The van der Waals surface area contributed by atoms with Crippen molar-refractivity contribution in [3.8, 4) is 11.1 Å². The summed E-state index contributed by atoms with van der Waals surface area (Å²) in [5.41, 5.74) is 7.03. The Bertz CT molecular complexity index is 662. The molecule has 1 fully saturated rings. The summed E-state index contributed by atoms with van der Waals surface area (Å²) in [5, 5.41) is 3.73. The minimum Gasteiger partial charge on any atom is -0.381 e. The van der Waals surface area contributed by atoms with Crippen molar-refractivity contribution in [2.24, 2.45) is 0 Å². The van der Waals surface area contributed by atoms with Gasteiger partial charge >= 0.3 is 0 Å². The number of hydrogen-bond acceptors (Lipinski definition) is 2. The molecule has 0 radical (unpaired) electrons. The van der Waals surface area contributed by atoms with Crippen LogP contribution in [0.2, 0.25) is 0 Å². The van der Waals surface area contributed by atoms with Crippen molar-refractivity contribution < 1.29 is 0 Å². The lowest BCUT2D eigenvalue weighted by atomic mass is 10.0. The van der Waals surface area contributed by atoms with Gasteiger partial charge in [0.1, 0.15) is 0 Å². The average molecular weight is 278 g/mol. The molecule has 2 nitrogen and oxygen atoms in total. The highest BCUT2D eigenvalue weighted by atomic mass is 15.1. The Hall–Kier alpha value is -1.80. The molecule has 0 spiro atoms. The minimum atomic E-state index is 0.588. The highest BCUT2D eigenvalue weighted by molar-refractivity contribution is 5.78. The second-order valence-corrected chi connectivity index (χ2v) is 6.45. The van der Waals surface area contributed by atoms with Gasteiger partial charge in [0.2, 0.25) is 0 Å². The van der Waals surface area contributed by atoms with Crippen LogP contribution in [0.4, 0.5) is 5.69 Å². The van der Waals surface area contributed by atoms with Crippen LogP contribution in [0.5, 0.6) is 0 Å². The quantitative estimate of drug-likeness (QED) is 0.768. The lowest BCUT2D eigenvalue weighted by Gasteiger charge is -2.31. The first kappa shape index (κ1) is 12.9. The molecule has 1 aliphatic carbocycles. The molecule has 2 aromatic rings. The molecule has 1 unspecified atom stereocenters. The van der Waals surface area contributed by atoms with Crippen LogP contribution in [-0.4, -0.2) is 31.1 Å². The predicted octanol–water partition coefficient (Wildman–Crippen LogP) is 3.76. The minimum absolute atomic E-state index is 0.588. The number of piperidine rings is 1. The zero-order chi connectivity index (χ0) is 14.2. The third-order valence-corrected chi connectivity index (χ3v) is 4.79. The second kappa shape index (κ2) is 5.19. The fraction of sp³-hybridized carbons (Fsp3) is 0.368. The van der Waals surface area contributed by atoms with Crippen LogP contribution in [0.25, 0.3) is 11.1 Å². The van der Waals surface area contributed by atoms with Crippen LogP contribution in [0.3, 0.4) is 0 Å². The van der Waals surface area contributed by atoms with E-state index in [9.17, 15) is 0 Å². The summed E-state index contributed by atoms with van der Waals surface area (Å²) in [4.78, 5) is 2.42. The molecule has 0 saturated carbocycles. The number of hydrogen-bond donors (Lipinski definition) is 1. The predicted molar refractivity (Wildman–Crippen MR) is 88.8 cm³/mol. The van der Waals surface area contributed by atoms with E-state index in [2.05, 4.69) is 59.7 Å². The maximum atomic E-state index is 3.73. The molecule has 2 aliphatic rings. The Morgan fingerprint density at radius 2 is 1.90 bits per heavy atom. The summed E-state index contributed by atoms with van der Waals surface area (Å²) in [7, 11) is 2.22. The molecule has 1 aliphatic heterocycles. The number of fused-ring (bicyclic) bond motifs is 3.